The van der Waals surface area contributed by atoms with Crippen molar-refractivity contribution in [1.29, 1.82) is 0 Å². The van der Waals surface area contributed by atoms with Gasteiger partial charge in [0.2, 0.25) is 0 Å². The van der Waals surface area contributed by atoms with E-state index in [1.807, 2.05) is 6.92 Å². The molecule has 0 amide bonds. The van der Waals surface area contributed by atoms with Gasteiger partial charge in [-0.3, -0.25) is 4.90 Å². The Morgan fingerprint density at radius 2 is 1.75 bits per heavy atom. The summed E-state index contributed by atoms with van der Waals surface area (Å²) in [5.41, 5.74) is 3.28. The second kappa shape index (κ2) is 6.58. The molecule has 5 rings (SSSR count). The molecule has 1 spiro atoms. The van der Waals surface area contributed by atoms with E-state index in [-0.39, 0.29) is 5.60 Å². The summed E-state index contributed by atoms with van der Waals surface area (Å²) < 4.78 is 8.46. The highest BCUT2D eigenvalue weighted by molar-refractivity contribution is 6.08. The number of likely N-dealkylation sites (tertiary alicyclic amines) is 1. The average molecular weight is 379 g/mol. The van der Waals surface area contributed by atoms with Crippen molar-refractivity contribution in [1.82, 2.24) is 9.47 Å². The third kappa shape index (κ3) is 3.14. The monoisotopic (exact) mass is 378 g/mol. The molecule has 148 valence electrons. The van der Waals surface area contributed by atoms with Crippen LogP contribution < -0.4 is 0 Å². The summed E-state index contributed by atoms with van der Waals surface area (Å²) in [5, 5.41) is 13.1. The minimum Gasteiger partial charge on any atom is -0.390 e. The van der Waals surface area contributed by atoms with E-state index in [1.54, 1.807) is 0 Å². The van der Waals surface area contributed by atoms with Crippen molar-refractivity contribution in [3.8, 4) is 0 Å². The number of piperidine rings is 1. The van der Waals surface area contributed by atoms with E-state index >= 15 is 0 Å². The molecule has 1 N–H and O–H groups in total. The molecule has 3 heterocycles. The molecule has 2 aliphatic rings. The highest BCUT2D eigenvalue weighted by Crippen LogP contribution is 2.39. The third-order valence-corrected chi connectivity index (χ3v) is 6.90. The molecule has 1 aromatic heterocycles. The van der Waals surface area contributed by atoms with Gasteiger partial charge in [0.1, 0.15) is 0 Å². The van der Waals surface area contributed by atoms with E-state index in [0.717, 1.165) is 45.3 Å². The van der Waals surface area contributed by atoms with Crippen LogP contribution in [0.4, 0.5) is 0 Å². The highest BCUT2D eigenvalue weighted by Gasteiger charge is 2.44. The summed E-state index contributed by atoms with van der Waals surface area (Å²) in [7, 11) is 2.16. The van der Waals surface area contributed by atoms with Crippen molar-refractivity contribution in [3.63, 3.8) is 0 Å². The molecule has 0 saturated carbocycles. The molecule has 4 heteroatoms. The zero-order valence-corrected chi connectivity index (χ0v) is 16.9. The van der Waals surface area contributed by atoms with Gasteiger partial charge < -0.3 is 14.4 Å². The van der Waals surface area contributed by atoms with Gasteiger partial charge in [0, 0.05) is 54.9 Å². The van der Waals surface area contributed by atoms with Crippen molar-refractivity contribution in [3.05, 3.63) is 48.0 Å². The van der Waals surface area contributed by atoms with Gasteiger partial charge in [-0.25, -0.2) is 0 Å². The first-order valence-electron chi connectivity index (χ1n) is 10.5. The lowest BCUT2D eigenvalue weighted by Gasteiger charge is -2.48. The zero-order chi connectivity index (χ0) is 19.4. The predicted octanol–water partition coefficient (Wildman–Crippen LogP) is 4.23. The molecular formula is C24H30N2O2. The van der Waals surface area contributed by atoms with Crippen LogP contribution in [0.3, 0.4) is 0 Å². The number of rotatable bonds is 2. The predicted molar refractivity (Wildman–Crippen MR) is 113 cm³/mol. The number of aliphatic hydroxyl groups is 1. The first-order chi connectivity index (χ1) is 13.4. The lowest BCUT2D eigenvalue weighted by Crippen LogP contribution is -2.53. The summed E-state index contributed by atoms with van der Waals surface area (Å²) in [5.74, 6) is 0. The van der Waals surface area contributed by atoms with Gasteiger partial charge in [0.15, 0.2) is 0 Å². The Morgan fingerprint density at radius 3 is 2.54 bits per heavy atom. The lowest BCUT2D eigenvalue weighted by molar-refractivity contribution is -0.173. The summed E-state index contributed by atoms with van der Waals surface area (Å²) in [6, 6.07) is 15.5. The molecule has 2 fully saturated rings. The second-order valence-electron chi connectivity index (χ2n) is 9.16. The van der Waals surface area contributed by atoms with Gasteiger partial charge in [-0.15, -0.1) is 0 Å². The SMILES string of the molecule is Cn1c2ccccc2c2ccc(CN3CCC4(CC3)CC(C)(O)CCO4)cc21. The van der Waals surface area contributed by atoms with Gasteiger partial charge in [0.25, 0.3) is 0 Å². The maximum Gasteiger partial charge on any atom is 0.0734 e. The van der Waals surface area contributed by atoms with E-state index in [9.17, 15) is 5.11 Å². The first-order valence-corrected chi connectivity index (χ1v) is 10.5. The maximum absolute atomic E-state index is 10.5. The molecular weight excluding hydrogens is 348 g/mol. The van der Waals surface area contributed by atoms with Crippen LogP contribution in [0, 0.1) is 0 Å². The second-order valence-corrected chi connectivity index (χ2v) is 9.16. The fraction of sp³-hybridized carbons (Fsp3) is 0.500. The molecule has 28 heavy (non-hydrogen) atoms. The van der Waals surface area contributed by atoms with Crippen molar-refractivity contribution >= 4 is 21.8 Å². The number of para-hydroxylation sites is 1. The number of aromatic nitrogens is 1. The molecule has 2 aliphatic heterocycles. The molecule has 0 radical (unpaired) electrons. The number of aryl methyl sites for hydroxylation is 1. The topological polar surface area (TPSA) is 37.6 Å². The fourth-order valence-electron chi connectivity index (χ4n) is 5.32. The van der Waals surface area contributed by atoms with Crippen LogP contribution in [0.25, 0.3) is 21.8 Å². The molecule has 3 aromatic rings. The number of hydrogen-bond acceptors (Lipinski definition) is 3. The van der Waals surface area contributed by atoms with Gasteiger partial charge >= 0.3 is 0 Å². The Bertz CT molecular complexity index is 1010. The van der Waals surface area contributed by atoms with Gasteiger partial charge in [-0.2, -0.15) is 0 Å². The van der Waals surface area contributed by atoms with E-state index in [0.29, 0.717) is 6.61 Å². The molecule has 4 nitrogen and oxygen atoms in total. The Hall–Kier alpha value is -1.88. The molecule has 0 aliphatic carbocycles. The summed E-state index contributed by atoms with van der Waals surface area (Å²) >= 11 is 0. The summed E-state index contributed by atoms with van der Waals surface area (Å²) in [6.45, 7) is 5.68. The van der Waals surface area contributed by atoms with Crippen LogP contribution in [-0.2, 0) is 18.3 Å². The van der Waals surface area contributed by atoms with E-state index in [2.05, 4.69) is 59.0 Å². The van der Waals surface area contributed by atoms with Crippen LogP contribution in [-0.4, -0.2) is 45.5 Å². The smallest absolute Gasteiger partial charge is 0.0734 e. The quantitative estimate of drug-likeness (QED) is 0.725. The summed E-state index contributed by atoms with van der Waals surface area (Å²) in [6.07, 6.45) is 3.55. The van der Waals surface area contributed by atoms with E-state index < -0.39 is 5.60 Å². The van der Waals surface area contributed by atoms with Crippen LogP contribution in [0.2, 0.25) is 0 Å². The molecule has 1 atom stereocenters. The number of fused-ring (bicyclic) bond motifs is 3. The van der Waals surface area contributed by atoms with Gasteiger partial charge in [-0.1, -0.05) is 30.3 Å². The van der Waals surface area contributed by atoms with Crippen molar-refractivity contribution < 1.29 is 9.84 Å². The maximum atomic E-state index is 10.5. The number of hydrogen-bond donors (Lipinski definition) is 1. The Labute approximate surface area is 166 Å². The molecule has 2 saturated heterocycles. The minimum atomic E-state index is -0.569. The zero-order valence-electron chi connectivity index (χ0n) is 16.9. The number of benzene rings is 2. The van der Waals surface area contributed by atoms with Crippen molar-refractivity contribution in [2.45, 2.75) is 50.4 Å². The number of nitrogens with zero attached hydrogens (tertiary/aromatic N) is 2. The highest BCUT2D eigenvalue weighted by atomic mass is 16.5. The van der Waals surface area contributed by atoms with E-state index in [1.165, 1.54) is 27.4 Å². The Morgan fingerprint density at radius 1 is 1.00 bits per heavy atom. The standard InChI is InChI=1S/C24H30N2O2/c1-23(27)11-14-28-24(17-23)9-12-26(13-10-24)16-18-7-8-20-19-5-3-4-6-21(19)25(2)22(20)15-18/h3-8,15,27H,9-14,16-17H2,1-2H3. The van der Waals surface area contributed by atoms with Gasteiger partial charge in [0.05, 0.1) is 17.8 Å². The third-order valence-electron chi connectivity index (χ3n) is 6.90. The van der Waals surface area contributed by atoms with E-state index in [4.69, 9.17) is 4.74 Å². The number of ether oxygens (including phenoxy) is 1. The lowest BCUT2D eigenvalue weighted by atomic mass is 9.78. The molecule has 1 unspecified atom stereocenters. The molecule has 2 aromatic carbocycles. The van der Waals surface area contributed by atoms with Gasteiger partial charge in [-0.05, 0) is 43.9 Å². The fourth-order valence-corrected chi connectivity index (χ4v) is 5.32. The van der Waals surface area contributed by atoms with Crippen molar-refractivity contribution in [2.24, 2.45) is 7.05 Å². The molecule has 0 bridgehead atoms. The Balaban J connectivity index is 1.33. The largest absolute Gasteiger partial charge is 0.390 e. The normalized spacial score (nSPS) is 25.7. The van der Waals surface area contributed by atoms with Crippen LogP contribution in [0.5, 0.6) is 0 Å². The Kier molecular flexibility index (Phi) is 4.27. The van der Waals surface area contributed by atoms with Crippen molar-refractivity contribution in [2.75, 3.05) is 19.7 Å². The minimum absolute atomic E-state index is 0.113. The first kappa shape index (κ1) is 18.2. The summed E-state index contributed by atoms with van der Waals surface area (Å²) in [4.78, 5) is 2.53. The van der Waals surface area contributed by atoms with Crippen LogP contribution in [0.15, 0.2) is 42.5 Å². The average Bonchev–Trinajstić information content (AvgIpc) is 2.96. The van der Waals surface area contributed by atoms with Crippen LogP contribution >= 0.6 is 0 Å². The van der Waals surface area contributed by atoms with Crippen LogP contribution in [0.1, 0.15) is 38.2 Å².